The van der Waals surface area contributed by atoms with E-state index in [-0.39, 0.29) is 11.6 Å². The average molecular weight is 269 g/mol. The number of rotatable bonds is 4. The average Bonchev–Trinajstić information content (AvgIpc) is 3.28. The minimum absolute atomic E-state index is 0.106. The second kappa shape index (κ2) is 5.06. The summed E-state index contributed by atoms with van der Waals surface area (Å²) >= 11 is 0. The molecule has 0 spiro atoms. The number of benzene rings is 2. The van der Waals surface area contributed by atoms with Crippen molar-refractivity contribution in [1.82, 2.24) is 0 Å². The van der Waals surface area contributed by atoms with Crippen molar-refractivity contribution in [1.29, 1.82) is 0 Å². The highest BCUT2D eigenvalue weighted by Gasteiger charge is 2.43. The van der Waals surface area contributed by atoms with Gasteiger partial charge in [-0.15, -0.1) is 0 Å². The van der Waals surface area contributed by atoms with Gasteiger partial charge >= 0.3 is 0 Å². The fourth-order valence-corrected chi connectivity index (χ4v) is 2.69. The van der Waals surface area contributed by atoms with E-state index in [1.807, 2.05) is 30.3 Å². The predicted octanol–water partition coefficient (Wildman–Crippen LogP) is 3.43. The molecule has 3 atom stereocenters. The van der Waals surface area contributed by atoms with Crippen LogP contribution >= 0.6 is 0 Å². The number of nitro groups is 1. The van der Waals surface area contributed by atoms with E-state index in [0.29, 0.717) is 5.92 Å². The molecule has 0 bridgehead atoms. The number of hydrogen-bond acceptors (Lipinski definition) is 3. The number of aliphatic hydroxyl groups excluding tert-OH is 1. The first-order valence-electron chi connectivity index (χ1n) is 6.64. The van der Waals surface area contributed by atoms with Crippen molar-refractivity contribution in [2.24, 2.45) is 5.92 Å². The Kier molecular flexibility index (Phi) is 3.24. The van der Waals surface area contributed by atoms with Gasteiger partial charge in [-0.2, -0.15) is 0 Å². The fraction of sp³-hybridized carbons (Fsp3) is 0.250. The summed E-state index contributed by atoms with van der Waals surface area (Å²) in [5.41, 5.74) is 2.10. The van der Waals surface area contributed by atoms with Crippen molar-refractivity contribution in [3.63, 3.8) is 0 Å². The van der Waals surface area contributed by atoms with Crippen molar-refractivity contribution in [3.8, 4) is 0 Å². The van der Waals surface area contributed by atoms with Crippen LogP contribution in [0.4, 0.5) is 5.69 Å². The lowest BCUT2D eigenvalue weighted by atomic mass is 10.0. The summed E-state index contributed by atoms with van der Waals surface area (Å²) < 4.78 is 0. The van der Waals surface area contributed by atoms with Crippen molar-refractivity contribution in [2.45, 2.75) is 18.4 Å². The summed E-state index contributed by atoms with van der Waals surface area (Å²) in [6.07, 6.45) is 0.463. The van der Waals surface area contributed by atoms with Crippen LogP contribution in [-0.4, -0.2) is 10.0 Å². The summed E-state index contributed by atoms with van der Waals surface area (Å²) in [7, 11) is 0. The number of nitro benzene ring substituents is 1. The summed E-state index contributed by atoms with van der Waals surface area (Å²) in [5.74, 6) is 0.505. The largest absolute Gasteiger partial charge is 0.388 e. The van der Waals surface area contributed by atoms with Crippen LogP contribution in [0, 0.1) is 16.0 Å². The Morgan fingerprint density at radius 2 is 1.75 bits per heavy atom. The number of nitrogens with zero attached hydrogens (tertiary/aromatic N) is 1. The molecule has 1 fully saturated rings. The monoisotopic (exact) mass is 269 g/mol. The maximum Gasteiger partial charge on any atom is 0.269 e. The van der Waals surface area contributed by atoms with Crippen LogP contribution in [0.25, 0.3) is 0 Å². The number of aliphatic hydroxyl groups is 1. The van der Waals surface area contributed by atoms with Gasteiger partial charge in [0.15, 0.2) is 0 Å². The Balaban J connectivity index is 1.71. The van der Waals surface area contributed by atoms with Crippen molar-refractivity contribution in [3.05, 3.63) is 75.8 Å². The van der Waals surface area contributed by atoms with Crippen LogP contribution in [0.15, 0.2) is 54.6 Å². The van der Waals surface area contributed by atoms with E-state index >= 15 is 0 Å². The molecule has 0 aromatic heterocycles. The molecule has 20 heavy (non-hydrogen) atoms. The number of hydrogen-bond donors (Lipinski definition) is 1. The van der Waals surface area contributed by atoms with Gasteiger partial charge in [0.1, 0.15) is 0 Å². The highest BCUT2D eigenvalue weighted by atomic mass is 16.6. The highest BCUT2D eigenvalue weighted by Crippen LogP contribution is 2.54. The molecule has 0 amide bonds. The quantitative estimate of drug-likeness (QED) is 0.683. The molecule has 0 aliphatic heterocycles. The molecule has 3 rings (SSSR count). The molecule has 1 saturated carbocycles. The van der Waals surface area contributed by atoms with Crippen LogP contribution in [0.3, 0.4) is 0 Å². The van der Waals surface area contributed by atoms with Crippen LogP contribution in [0.1, 0.15) is 29.6 Å². The normalized spacial score (nSPS) is 22.2. The Labute approximate surface area is 116 Å². The minimum atomic E-state index is -0.462. The second-order valence-corrected chi connectivity index (χ2v) is 5.21. The predicted molar refractivity (Wildman–Crippen MR) is 75.3 cm³/mol. The van der Waals surface area contributed by atoms with Gasteiger partial charge in [0, 0.05) is 12.1 Å². The van der Waals surface area contributed by atoms with Crippen molar-refractivity contribution >= 4 is 5.69 Å². The third-order valence-corrected chi connectivity index (χ3v) is 3.92. The van der Waals surface area contributed by atoms with Gasteiger partial charge < -0.3 is 5.11 Å². The summed E-state index contributed by atoms with van der Waals surface area (Å²) in [6.45, 7) is 0. The second-order valence-electron chi connectivity index (χ2n) is 5.21. The molecule has 0 heterocycles. The van der Waals surface area contributed by atoms with Crippen molar-refractivity contribution < 1.29 is 10.0 Å². The van der Waals surface area contributed by atoms with Gasteiger partial charge in [0.2, 0.25) is 0 Å². The molecule has 1 N–H and O–H groups in total. The molecule has 4 heteroatoms. The maximum absolute atomic E-state index is 10.6. The lowest BCUT2D eigenvalue weighted by molar-refractivity contribution is -0.384. The Hall–Kier alpha value is -2.20. The number of non-ortho nitro benzene ring substituents is 1. The molecule has 2 aromatic carbocycles. The van der Waals surface area contributed by atoms with Gasteiger partial charge in [-0.25, -0.2) is 0 Å². The summed E-state index contributed by atoms with van der Waals surface area (Å²) in [4.78, 5) is 10.2. The van der Waals surface area contributed by atoms with E-state index in [9.17, 15) is 15.2 Å². The third-order valence-electron chi connectivity index (χ3n) is 3.92. The fourth-order valence-electron chi connectivity index (χ4n) is 2.69. The zero-order valence-corrected chi connectivity index (χ0v) is 10.8. The highest BCUT2D eigenvalue weighted by molar-refractivity contribution is 5.37. The summed E-state index contributed by atoms with van der Waals surface area (Å²) in [5, 5.41) is 20.9. The van der Waals surface area contributed by atoms with E-state index in [4.69, 9.17) is 0 Å². The van der Waals surface area contributed by atoms with Crippen LogP contribution in [-0.2, 0) is 0 Å². The van der Waals surface area contributed by atoms with Crippen LogP contribution < -0.4 is 0 Å². The first-order valence-corrected chi connectivity index (χ1v) is 6.64. The topological polar surface area (TPSA) is 63.4 Å². The molecule has 1 aliphatic carbocycles. The van der Waals surface area contributed by atoms with Crippen LogP contribution in [0.2, 0.25) is 0 Å². The van der Waals surface area contributed by atoms with Gasteiger partial charge in [-0.1, -0.05) is 42.5 Å². The Morgan fingerprint density at radius 3 is 2.35 bits per heavy atom. The van der Waals surface area contributed by atoms with E-state index in [1.54, 1.807) is 12.1 Å². The first-order chi connectivity index (χ1) is 9.66. The maximum atomic E-state index is 10.6. The zero-order chi connectivity index (χ0) is 14.1. The molecular weight excluding hydrogens is 254 g/mol. The van der Waals surface area contributed by atoms with E-state index in [0.717, 1.165) is 17.5 Å². The standard InChI is InChI=1S/C16H15NO3/c18-16(12-4-2-1-3-5-12)15-10-14(15)11-6-8-13(9-7-11)17(19)20/h1-9,14-16,18H,10H2. The molecule has 102 valence electrons. The van der Waals surface area contributed by atoms with Crippen LogP contribution in [0.5, 0.6) is 0 Å². The van der Waals surface area contributed by atoms with Gasteiger partial charge in [-0.3, -0.25) is 10.1 Å². The molecule has 4 nitrogen and oxygen atoms in total. The Bertz CT molecular complexity index is 609. The zero-order valence-electron chi connectivity index (χ0n) is 10.8. The van der Waals surface area contributed by atoms with E-state index in [2.05, 4.69) is 0 Å². The molecular formula is C16H15NO3. The molecule has 3 unspecified atom stereocenters. The first kappa shape index (κ1) is 12.8. The SMILES string of the molecule is O=[N+]([O-])c1ccc(C2CC2C(O)c2ccccc2)cc1. The molecule has 0 saturated heterocycles. The minimum Gasteiger partial charge on any atom is -0.388 e. The van der Waals surface area contributed by atoms with E-state index in [1.165, 1.54) is 12.1 Å². The Morgan fingerprint density at radius 1 is 1.10 bits per heavy atom. The van der Waals surface area contributed by atoms with Gasteiger partial charge in [-0.05, 0) is 29.4 Å². The lowest BCUT2D eigenvalue weighted by Crippen LogP contribution is -2.01. The third kappa shape index (κ3) is 2.42. The molecule has 1 aliphatic rings. The van der Waals surface area contributed by atoms with Crippen molar-refractivity contribution in [2.75, 3.05) is 0 Å². The van der Waals surface area contributed by atoms with E-state index < -0.39 is 11.0 Å². The van der Waals surface area contributed by atoms with Gasteiger partial charge in [0.25, 0.3) is 5.69 Å². The van der Waals surface area contributed by atoms with Gasteiger partial charge in [0.05, 0.1) is 11.0 Å². The summed E-state index contributed by atoms with van der Waals surface area (Å²) in [6, 6.07) is 16.3. The lowest BCUT2D eigenvalue weighted by Gasteiger charge is -2.10. The molecule has 0 radical (unpaired) electrons. The molecule has 2 aromatic rings. The smallest absolute Gasteiger partial charge is 0.269 e.